The zero-order valence-corrected chi connectivity index (χ0v) is 9.36. The molecule has 1 N–H and O–H groups in total. The Bertz CT molecular complexity index is 320. The SMILES string of the molecule is CCCCCc1nc(C(=O)O)c(C)s1. The molecular weight excluding hydrogens is 198 g/mol. The van der Waals surface area contributed by atoms with Gasteiger partial charge in [0.15, 0.2) is 5.69 Å². The highest BCUT2D eigenvalue weighted by molar-refractivity contribution is 7.11. The summed E-state index contributed by atoms with van der Waals surface area (Å²) in [6.07, 6.45) is 4.37. The Morgan fingerprint density at radius 2 is 2.21 bits per heavy atom. The fourth-order valence-electron chi connectivity index (χ4n) is 1.28. The molecule has 1 aromatic heterocycles. The van der Waals surface area contributed by atoms with Crippen molar-refractivity contribution in [2.24, 2.45) is 0 Å². The molecular formula is C10H15NO2S. The van der Waals surface area contributed by atoms with Gasteiger partial charge in [-0.25, -0.2) is 9.78 Å². The number of rotatable bonds is 5. The molecule has 0 aliphatic heterocycles. The molecule has 0 aliphatic rings. The van der Waals surface area contributed by atoms with Gasteiger partial charge in [-0.1, -0.05) is 19.8 Å². The molecule has 1 rings (SSSR count). The molecule has 0 spiro atoms. The van der Waals surface area contributed by atoms with E-state index in [1.807, 2.05) is 6.92 Å². The van der Waals surface area contributed by atoms with Crippen LogP contribution in [-0.2, 0) is 6.42 Å². The van der Waals surface area contributed by atoms with E-state index in [2.05, 4.69) is 11.9 Å². The van der Waals surface area contributed by atoms with Crippen LogP contribution < -0.4 is 0 Å². The molecule has 0 saturated heterocycles. The molecule has 0 aromatic carbocycles. The third-order valence-corrected chi connectivity index (χ3v) is 3.07. The number of thiazole rings is 1. The average Bonchev–Trinajstić information content (AvgIpc) is 2.47. The summed E-state index contributed by atoms with van der Waals surface area (Å²) in [6, 6.07) is 0. The number of aromatic nitrogens is 1. The van der Waals surface area contributed by atoms with Crippen LogP contribution in [0.1, 0.15) is 46.6 Å². The lowest BCUT2D eigenvalue weighted by Gasteiger charge is -1.93. The molecule has 0 amide bonds. The predicted octanol–water partition coefficient (Wildman–Crippen LogP) is 2.88. The van der Waals surface area contributed by atoms with Crippen molar-refractivity contribution in [3.05, 3.63) is 15.6 Å². The van der Waals surface area contributed by atoms with E-state index in [1.165, 1.54) is 24.2 Å². The highest BCUT2D eigenvalue weighted by Crippen LogP contribution is 2.19. The number of aryl methyl sites for hydroxylation is 2. The van der Waals surface area contributed by atoms with Crippen LogP contribution in [0.4, 0.5) is 0 Å². The van der Waals surface area contributed by atoms with Crippen molar-refractivity contribution in [1.29, 1.82) is 0 Å². The van der Waals surface area contributed by atoms with E-state index in [0.717, 1.165) is 22.7 Å². The maximum atomic E-state index is 10.7. The third-order valence-electron chi connectivity index (χ3n) is 2.04. The first-order valence-electron chi connectivity index (χ1n) is 4.84. The highest BCUT2D eigenvalue weighted by Gasteiger charge is 2.13. The van der Waals surface area contributed by atoms with Crippen molar-refractivity contribution in [2.75, 3.05) is 0 Å². The third kappa shape index (κ3) is 2.80. The van der Waals surface area contributed by atoms with Crippen LogP contribution in [0.5, 0.6) is 0 Å². The number of nitrogens with zero attached hydrogens (tertiary/aromatic N) is 1. The van der Waals surface area contributed by atoms with Crippen molar-refractivity contribution in [1.82, 2.24) is 4.98 Å². The van der Waals surface area contributed by atoms with E-state index < -0.39 is 5.97 Å². The maximum Gasteiger partial charge on any atom is 0.355 e. The van der Waals surface area contributed by atoms with Crippen molar-refractivity contribution in [3.8, 4) is 0 Å². The summed E-state index contributed by atoms with van der Waals surface area (Å²) < 4.78 is 0. The molecule has 14 heavy (non-hydrogen) atoms. The molecule has 1 heterocycles. The van der Waals surface area contributed by atoms with Gasteiger partial charge < -0.3 is 5.11 Å². The molecule has 0 atom stereocenters. The standard InChI is InChI=1S/C10H15NO2S/c1-3-4-5-6-8-11-9(10(12)13)7(2)14-8/h3-6H2,1-2H3,(H,12,13). The van der Waals surface area contributed by atoms with Gasteiger partial charge in [-0.2, -0.15) is 0 Å². The Labute approximate surface area is 87.8 Å². The van der Waals surface area contributed by atoms with Crippen LogP contribution in [0.3, 0.4) is 0 Å². The normalized spacial score (nSPS) is 10.4. The Hall–Kier alpha value is -0.900. The molecule has 78 valence electrons. The number of carboxylic acid groups (broad SMARTS) is 1. The summed E-state index contributed by atoms with van der Waals surface area (Å²) in [4.78, 5) is 15.6. The van der Waals surface area contributed by atoms with E-state index in [-0.39, 0.29) is 5.69 Å². The summed E-state index contributed by atoms with van der Waals surface area (Å²) in [5.41, 5.74) is 0.224. The predicted molar refractivity (Wildman–Crippen MR) is 57.0 cm³/mol. The van der Waals surface area contributed by atoms with E-state index in [4.69, 9.17) is 5.11 Å². The van der Waals surface area contributed by atoms with Gasteiger partial charge in [0.25, 0.3) is 0 Å². The van der Waals surface area contributed by atoms with Crippen LogP contribution >= 0.6 is 11.3 Å². The van der Waals surface area contributed by atoms with E-state index in [9.17, 15) is 4.79 Å². The van der Waals surface area contributed by atoms with Gasteiger partial charge in [0.2, 0.25) is 0 Å². The summed E-state index contributed by atoms with van der Waals surface area (Å²) in [5, 5.41) is 9.75. The summed E-state index contributed by atoms with van der Waals surface area (Å²) in [5.74, 6) is -0.916. The zero-order valence-electron chi connectivity index (χ0n) is 8.54. The first-order chi connectivity index (χ1) is 6.65. The minimum absolute atomic E-state index is 0.224. The molecule has 0 fully saturated rings. The highest BCUT2D eigenvalue weighted by atomic mass is 32.1. The van der Waals surface area contributed by atoms with Gasteiger partial charge in [-0.15, -0.1) is 11.3 Å². The summed E-state index contributed by atoms with van der Waals surface area (Å²) >= 11 is 1.50. The smallest absolute Gasteiger partial charge is 0.355 e. The van der Waals surface area contributed by atoms with Gasteiger partial charge in [0, 0.05) is 4.88 Å². The molecule has 3 nitrogen and oxygen atoms in total. The quantitative estimate of drug-likeness (QED) is 0.765. The van der Waals surface area contributed by atoms with E-state index >= 15 is 0 Å². The number of hydrogen-bond donors (Lipinski definition) is 1. The van der Waals surface area contributed by atoms with Crippen molar-refractivity contribution >= 4 is 17.3 Å². The molecule has 0 bridgehead atoms. The lowest BCUT2D eigenvalue weighted by Crippen LogP contribution is -1.98. The van der Waals surface area contributed by atoms with Crippen LogP contribution in [0, 0.1) is 6.92 Å². The molecule has 0 radical (unpaired) electrons. The number of carbonyl (C=O) groups is 1. The number of carboxylic acids is 1. The first-order valence-corrected chi connectivity index (χ1v) is 5.66. The van der Waals surface area contributed by atoms with Crippen molar-refractivity contribution < 1.29 is 9.90 Å². The lowest BCUT2D eigenvalue weighted by atomic mass is 10.2. The molecule has 0 unspecified atom stereocenters. The second-order valence-corrected chi connectivity index (χ2v) is 4.56. The minimum Gasteiger partial charge on any atom is -0.476 e. The number of hydrogen-bond acceptors (Lipinski definition) is 3. The number of unbranched alkanes of at least 4 members (excludes halogenated alkanes) is 2. The number of aromatic carboxylic acids is 1. The van der Waals surface area contributed by atoms with Gasteiger partial charge in [-0.05, 0) is 19.8 Å². The van der Waals surface area contributed by atoms with Crippen LogP contribution in [0.25, 0.3) is 0 Å². The monoisotopic (exact) mass is 213 g/mol. The van der Waals surface area contributed by atoms with Crippen molar-refractivity contribution in [2.45, 2.75) is 39.5 Å². The van der Waals surface area contributed by atoms with Crippen molar-refractivity contribution in [3.63, 3.8) is 0 Å². The first kappa shape index (κ1) is 11.2. The maximum absolute atomic E-state index is 10.7. The van der Waals surface area contributed by atoms with Crippen LogP contribution in [0.2, 0.25) is 0 Å². The molecule has 0 saturated carbocycles. The lowest BCUT2D eigenvalue weighted by molar-refractivity contribution is 0.0690. The van der Waals surface area contributed by atoms with Crippen LogP contribution in [-0.4, -0.2) is 16.1 Å². The molecule has 1 aromatic rings. The van der Waals surface area contributed by atoms with E-state index in [1.54, 1.807) is 0 Å². The zero-order chi connectivity index (χ0) is 10.6. The minimum atomic E-state index is -0.916. The second-order valence-electron chi connectivity index (χ2n) is 3.27. The average molecular weight is 213 g/mol. The Morgan fingerprint density at radius 1 is 1.50 bits per heavy atom. The largest absolute Gasteiger partial charge is 0.476 e. The molecule has 0 aliphatic carbocycles. The second kappa shape index (κ2) is 5.10. The topological polar surface area (TPSA) is 50.2 Å². The fourth-order valence-corrected chi connectivity index (χ4v) is 2.25. The van der Waals surface area contributed by atoms with Gasteiger partial charge >= 0.3 is 5.97 Å². The Balaban J connectivity index is 2.62. The van der Waals surface area contributed by atoms with Gasteiger partial charge in [-0.3, -0.25) is 0 Å². The summed E-state index contributed by atoms with van der Waals surface area (Å²) in [6.45, 7) is 3.96. The molecule has 4 heteroatoms. The van der Waals surface area contributed by atoms with Gasteiger partial charge in [0.1, 0.15) is 0 Å². The Kier molecular flexibility index (Phi) is 4.07. The van der Waals surface area contributed by atoms with E-state index in [0.29, 0.717) is 0 Å². The summed E-state index contributed by atoms with van der Waals surface area (Å²) in [7, 11) is 0. The Morgan fingerprint density at radius 3 is 2.71 bits per heavy atom. The van der Waals surface area contributed by atoms with Crippen LogP contribution in [0.15, 0.2) is 0 Å². The fraction of sp³-hybridized carbons (Fsp3) is 0.600. The van der Waals surface area contributed by atoms with Gasteiger partial charge in [0.05, 0.1) is 5.01 Å².